The molecule has 0 unspecified atom stereocenters. The Hall–Kier alpha value is -2.43. The Labute approximate surface area is 110 Å². The molecule has 0 spiro atoms. The van der Waals surface area contributed by atoms with E-state index in [0.717, 1.165) is 11.1 Å². The van der Waals surface area contributed by atoms with Crippen molar-refractivity contribution in [2.24, 2.45) is 0 Å². The molecular weight excluding hydrogens is 242 g/mol. The number of carbonyl (C=O) groups excluding carboxylic acids is 1. The minimum Gasteiger partial charge on any atom is -0.348 e. The van der Waals surface area contributed by atoms with E-state index in [2.05, 4.69) is 15.3 Å². The van der Waals surface area contributed by atoms with Gasteiger partial charge in [-0.2, -0.15) is 0 Å². The first-order valence-corrected chi connectivity index (χ1v) is 5.96. The molecule has 0 saturated carbocycles. The Kier molecular flexibility index (Phi) is 3.75. The van der Waals surface area contributed by atoms with Crippen molar-refractivity contribution in [1.29, 1.82) is 0 Å². The molecule has 1 heterocycles. The monoisotopic (exact) mass is 257 g/mol. The van der Waals surface area contributed by atoms with E-state index in [-0.39, 0.29) is 5.56 Å². The second-order valence-corrected chi connectivity index (χ2v) is 4.32. The van der Waals surface area contributed by atoms with Gasteiger partial charge in [-0.3, -0.25) is 9.59 Å². The fraction of sp³-hybridized carbons (Fsp3) is 0.214. The van der Waals surface area contributed by atoms with Crippen molar-refractivity contribution in [2.75, 3.05) is 0 Å². The topological polar surface area (TPSA) is 74.8 Å². The lowest BCUT2D eigenvalue weighted by Crippen LogP contribution is -2.30. The van der Waals surface area contributed by atoms with Crippen LogP contribution in [0.5, 0.6) is 0 Å². The maximum Gasteiger partial charge on any atom is 0.263 e. The summed E-state index contributed by atoms with van der Waals surface area (Å²) in [4.78, 5) is 29.9. The number of nitrogens with one attached hydrogen (secondary N) is 2. The Morgan fingerprint density at radius 3 is 2.74 bits per heavy atom. The van der Waals surface area contributed by atoms with Crippen LogP contribution in [0.15, 0.2) is 35.3 Å². The first kappa shape index (κ1) is 13.0. The van der Waals surface area contributed by atoms with Crippen LogP contribution in [0.4, 0.5) is 0 Å². The van der Waals surface area contributed by atoms with Gasteiger partial charge in [0.15, 0.2) is 0 Å². The number of hydrogen-bond acceptors (Lipinski definition) is 3. The summed E-state index contributed by atoms with van der Waals surface area (Å²) < 4.78 is 0. The van der Waals surface area contributed by atoms with Crippen LogP contribution >= 0.6 is 0 Å². The van der Waals surface area contributed by atoms with Gasteiger partial charge in [-0.25, -0.2) is 4.98 Å². The number of aromatic nitrogens is 2. The molecule has 0 aliphatic carbocycles. The second-order valence-electron chi connectivity index (χ2n) is 4.32. The van der Waals surface area contributed by atoms with E-state index in [1.165, 1.54) is 6.20 Å². The van der Waals surface area contributed by atoms with Crippen molar-refractivity contribution in [2.45, 2.75) is 20.4 Å². The number of aromatic amines is 1. The number of benzene rings is 1. The number of carbonyl (C=O) groups is 1. The normalized spacial score (nSPS) is 10.2. The zero-order valence-electron chi connectivity index (χ0n) is 10.9. The molecule has 2 N–H and O–H groups in total. The standard InChI is InChI=1S/C14H15N3O2/c1-9-5-3-4-6-11(9)7-16-13(18)12-8-15-10(2)17-14(12)19/h3-6,8H,7H2,1-2H3,(H,16,18)(H,15,17,19). The number of hydrogen-bond donors (Lipinski definition) is 2. The van der Waals surface area contributed by atoms with Gasteiger partial charge in [0.1, 0.15) is 11.4 Å². The first-order chi connectivity index (χ1) is 9.08. The van der Waals surface area contributed by atoms with Gasteiger partial charge in [-0.05, 0) is 25.0 Å². The molecule has 1 aromatic heterocycles. The van der Waals surface area contributed by atoms with Crippen molar-refractivity contribution in [1.82, 2.24) is 15.3 Å². The molecule has 0 saturated heterocycles. The van der Waals surface area contributed by atoms with Crippen LogP contribution < -0.4 is 10.9 Å². The third-order valence-electron chi connectivity index (χ3n) is 2.87. The summed E-state index contributed by atoms with van der Waals surface area (Å²) in [5, 5.41) is 2.72. The molecule has 0 radical (unpaired) electrons. The lowest BCUT2D eigenvalue weighted by Gasteiger charge is -2.07. The molecule has 0 aliphatic rings. The van der Waals surface area contributed by atoms with Gasteiger partial charge in [0.2, 0.25) is 0 Å². The van der Waals surface area contributed by atoms with E-state index in [1.54, 1.807) is 6.92 Å². The summed E-state index contributed by atoms with van der Waals surface area (Å²) in [6.07, 6.45) is 1.29. The third-order valence-corrected chi connectivity index (χ3v) is 2.87. The minimum absolute atomic E-state index is 0.0270. The van der Waals surface area contributed by atoms with Crippen LogP contribution in [0, 0.1) is 13.8 Å². The van der Waals surface area contributed by atoms with Crippen LogP contribution in [-0.2, 0) is 6.54 Å². The van der Waals surface area contributed by atoms with Crippen LogP contribution in [0.3, 0.4) is 0 Å². The Morgan fingerprint density at radius 2 is 2.05 bits per heavy atom. The summed E-state index contributed by atoms with van der Waals surface area (Å²) in [5.41, 5.74) is 1.72. The van der Waals surface area contributed by atoms with Crippen molar-refractivity contribution in [3.05, 3.63) is 63.3 Å². The fourth-order valence-electron chi connectivity index (χ4n) is 1.72. The Morgan fingerprint density at radius 1 is 1.32 bits per heavy atom. The maximum atomic E-state index is 11.9. The third kappa shape index (κ3) is 3.07. The predicted octanol–water partition coefficient (Wildman–Crippen LogP) is 1.32. The molecule has 0 bridgehead atoms. The molecule has 0 atom stereocenters. The van der Waals surface area contributed by atoms with Crippen LogP contribution in [0.2, 0.25) is 0 Å². The highest BCUT2D eigenvalue weighted by molar-refractivity contribution is 5.93. The van der Waals surface area contributed by atoms with Gasteiger partial charge < -0.3 is 10.3 Å². The highest BCUT2D eigenvalue weighted by Crippen LogP contribution is 2.06. The quantitative estimate of drug-likeness (QED) is 0.870. The van der Waals surface area contributed by atoms with Crippen molar-refractivity contribution in [3.8, 4) is 0 Å². The van der Waals surface area contributed by atoms with Crippen LogP contribution in [0.25, 0.3) is 0 Å². The lowest BCUT2D eigenvalue weighted by atomic mass is 10.1. The summed E-state index contributed by atoms with van der Waals surface area (Å²) >= 11 is 0. The van der Waals surface area contributed by atoms with E-state index in [0.29, 0.717) is 12.4 Å². The van der Waals surface area contributed by atoms with Gasteiger partial charge in [-0.1, -0.05) is 24.3 Å². The van der Waals surface area contributed by atoms with Gasteiger partial charge in [0.05, 0.1) is 0 Å². The number of nitrogens with zero attached hydrogens (tertiary/aromatic N) is 1. The highest BCUT2D eigenvalue weighted by Gasteiger charge is 2.11. The number of aryl methyl sites for hydroxylation is 2. The molecule has 1 aromatic carbocycles. The van der Waals surface area contributed by atoms with Crippen molar-refractivity contribution < 1.29 is 4.79 Å². The lowest BCUT2D eigenvalue weighted by molar-refractivity contribution is 0.0949. The minimum atomic E-state index is -0.421. The zero-order chi connectivity index (χ0) is 13.8. The van der Waals surface area contributed by atoms with E-state index in [9.17, 15) is 9.59 Å². The van der Waals surface area contributed by atoms with Crippen molar-refractivity contribution in [3.63, 3.8) is 0 Å². The molecule has 98 valence electrons. The largest absolute Gasteiger partial charge is 0.348 e. The summed E-state index contributed by atoms with van der Waals surface area (Å²) in [5.74, 6) is 0.0671. The molecular formula is C14H15N3O2. The molecule has 0 fully saturated rings. The van der Waals surface area contributed by atoms with E-state index < -0.39 is 11.5 Å². The molecule has 0 aliphatic heterocycles. The summed E-state index contributed by atoms with van der Waals surface area (Å²) in [6.45, 7) is 4.02. The molecule has 19 heavy (non-hydrogen) atoms. The maximum absolute atomic E-state index is 11.9. The van der Waals surface area contributed by atoms with E-state index in [4.69, 9.17) is 0 Å². The Bertz CT molecular complexity index is 662. The number of amides is 1. The average Bonchev–Trinajstić information content (AvgIpc) is 2.37. The highest BCUT2D eigenvalue weighted by atomic mass is 16.2. The van der Waals surface area contributed by atoms with Crippen molar-refractivity contribution >= 4 is 5.91 Å². The second kappa shape index (κ2) is 5.48. The fourth-order valence-corrected chi connectivity index (χ4v) is 1.72. The van der Waals surface area contributed by atoms with E-state index >= 15 is 0 Å². The molecule has 2 aromatic rings. The molecule has 5 nitrogen and oxygen atoms in total. The SMILES string of the molecule is Cc1ncc(C(=O)NCc2ccccc2C)c(=O)[nH]1. The number of rotatable bonds is 3. The van der Waals surface area contributed by atoms with Gasteiger partial charge >= 0.3 is 0 Å². The summed E-state index contributed by atoms with van der Waals surface area (Å²) in [6, 6.07) is 7.76. The van der Waals surface area contributed by atoms with E-state index in [1.807, 2.05) is 31.2 Å². The van der Waals surface area contributed by atoms with Gasteiger partial charge in [-0.15, -0.1) is 0 Å². The van der Waals surface area contributed by atoms with Gasteiger partial charge in [0.25, 0.3) is 11.5 Å². The Balaban J connectivity index is 2.10. The van der Waals surface area contributed by atoms with Crippen LogP contribution in [-0.4, -0.2) is 15.9 Å². The first-order valence-electron chi connectivity index (χ1n) is 5.96. The molecule has 1 amide bonds. The average molecular weight is 257 g/mol. The summed E-state index contributed by atoms with van der Waals surface area (Å²) in [7, 11) is 0. The predicted molar refractivity (Wildman–Crippen MR) is 71.9 cm³/mol. The van der Waals surface area contributed by atoms with Crippen LogP contribution in [0.1, 0.15) is 27.3 Å². The number of H-pyrrole nitrogens is 1. The smallest absolute Gasteiger partial charge is 0.263 e. The zero-order valence-corrected chi connectivity index (χ0v) is 10.9. The molecule has 2 rings (SSSR count). The van der Waals surface area contributed by atoms with Gasteiger partial charge in [0, 0.05) is 12.7 Å². The molecule has 5 heteroatoms.